The number of phenolic OH excluding ortho intramolecular Hbond substituents is 1. The van der Waals surface area contributed by atoms with Crippen molar-refractivity contribution >= 4 is 34.3 Å². The van der Waals surface area contributed by atoms with Gasteiger partial charge in [-0.25, -0.2) is 5.43 Å². The van der Waals surface area contributed by atoms with Crippen LogP contribution < -0.4 is 14.9 Å². The number of carbonyl (C=O) groups excluding carboxylic acids is 1. The molecule has 0 spiro atoms. The summed E-state index contributed by atoms with van der Waals surface area (Å²) < 4.78 is 10.5. The van der Waals surface area contributed by atoms with E-state index in [-0.39, 0.29) is 12.5 Å². The van der Waals surface area contributed by atoms with Crippen molar-refractivity contribution < 1.29 is 19.4 Å². The first-order chi connectivity index (χ1) is 16.2. The van der Waals surface area contributed by atoms with Crippen LogP contribution in [0.1, 0.15) is 15.9 Å². The zero-order valence-electron chi connectivity index (χ0n) is 17.3. The van der Waals surface area contributed by atoms with E-state index in [0.29, 0.717) is 28.3 Å². The maximum atomic E-state index is 12.3. The summed E-state index contributed by atoms with van der Waals surface area (Å²) in [4.78, 5) is 12.3. The second-order valence-electron chi connectivity index (χ2n) is 7.21. The third-order valence-corrected chi connectivity index (χ3v) is 5.06. The minimum absolute atomic E-state index is 0.000175. The number of phenols is 1. The molecular weight excluding hydrogens is 420 g/mol. The van der Waals surface area contributed by atoms with Crippen LogP contribution in [0.15, 0.2) is 94.2 Å². The van der Waals surface area contributed by atoms with E-state index in [1.54, 1.807) is 30.3 Å². The van der Waals surface area contributed by atoms with E-state index >= 15 is 0 Å². The molecule has 1 aliphatic heterocycles. The van der Waals surface area contributed by atoms with Crippen molar-refractivity contribution in [2.75, 3.05) is 6.79 Å². The van der Waals surface area contributed by atoms with Crippen molar-refractivity contribution in [3.63, 3.8) is 0 Å². The fourth-order valence-corrected chi connectivity index (χ4v) is 3.38. The smallest absolute Gasteiger partial charge is 0.271 e. The number of ether oxygens (including phenoxy) is 2. The van der Waals surface area contributed by atoms with E-state index < -0.39 is 5.91 Å². The van der Waals surface area contributed by atoms with Crippen molar-refractivity contribution in [1.29, 1.82) is 0 Å². The molecule has 1 aliphatic rings. The first-order valence-electron chi connectivity index (χ1n) is 10.1. The molecule has 2 N–H and O–H groups in total. The number of azo groups is 1. The van der Waals surface area contributed by atoms with Gasteiger partial charge in [0.05, 0.1) is 17.6 Å². The summed E-state index contributed by atoms with van der Waals surface area (Å²) in [7, 11) is 0. The van der Waals surface area contributed by atoms with Crippen LogP contribution in [0.5, 0.6) is 17.2 Å². The fourth-order valence-electron chi connectivity index (χ4n) is 3.38. The van der Waals surface area contributed by atoms with Crippen molar-refractivity contribution in [2.45, 2.75) is 0 Å². The number of nitrogens with zero attached hydrogens (tertiary/aromatic N) is 3. The molecule has 0 aliphatic carbocycles. The molecule has 0 fully saturated rings. The highest BCUT2D eigenvalue weighted by Gasteiger charge is 2.15. The maximum Gasteiger partial charge on any atom is 0.271 e. The van der Waals surface area contributed by atoms with Crippen LogP contribution in [0.2, 0.25) is 0 Å². The lowest BCUT2D eigenvalue weighted by Gasteiger charge is -2.03. The van der Waals surface area contributed by atoms with Gasteiger partial charge in [0, 0.05) is 16.5 Å². The fraction of sp³-hybridized carbons (Fsp3) is 0.0400. The number of rotatable bonds is 5. The Hall–Kier alpha value is -4.72. The van der Waals surface area contributed by atoms with Crippen molar-refractivity contribution in [3.8, 4) is 17.2 Å². The van der Waals surface area contributed by atoms with Gasteiger partial charge in [0.2, 0.25) is 6.79 Å². The quantitative estimate of drug-likeness (QED) is 0.245. The van der Waals surface area contributed by atoms with Gasteiger partial charge in [-0.1, -0.05) is 36.4 Å². The molecule has 1 amide bonds. The minimum Gasteiger partial charge on any atom is -0.507 e. The first kappa shape index (κ1) is 20.2. The minimum atomic E-state index is -0.421. The van der Waals surface area contributed by atoms with Gasteiger partial charge in [-0.15, -0.1) is 5.11 Å². The SMILES string of the molecule is O=C(N/N=C\c1cc(N=Nc2cccc3ccccc23)ccc1O)c1ccc2c(c1)OCO2. The number of fused-ring (bicyclic) bond motifs is 2. The van der Waals surface area contributed by atoms with E-state index in [1.807, 2.05) is 42.5 Å². The van der Waals surface area contributed by atoms with Gasteiger partial charge < -0.3 is 14.6 Å². The molecule has 5 rings (SSSR count). The summed E-state index contributed by atoms with van der Waals surface area (Å²) in [5.41, 5.74) is 4.46. The Morgan fingerprint density at radius 2 is 1.76 bits per heavy atom. The van der Waals surface area contributed by atoms with Gasteiger partial charge in [-0.05, 0) is 47.9 Å². The lowest BCUT2D eigenvalue weighted by Crippen LogP contribution is -2.17. The summed E-state index contributed by atoms with van der Waals surface area (Å²) in [5.74, 6) is 0.680. The average Bonchev–Trinajstić information content (AvgIpc) is 3.32. The second kappa shape index (κ2) is 8.80. The first-order valence-corrected chi connectivity index (χ1v) is 10.1. The maximum absolute atomic E-state index is 12.3. The molecule has 0 saturated heterocycles. The van der Waals surface area contributed by atoms with E-state index in [2.05, 4.69) is 20.8 Å². The highest BCUT2D eigenvalue weighted by Crippen LogP contribution is 2.32. The molecule has 4 aromatic carbocycles. The van der Waals surface area contributed by atoms with E-state index in [1.165, 1.54) is 12.3 Å². The van der Waals surface area contributed by atoms with Crippen LogP contribution in [-0.4, -0.2) is 24.0 Å². The third kappa shape index (κ3) is 4.35. The second-order valence-corrected chi connectivity index (χ2v) is 7.21. The monoisotopic (exact) mass is 438 g/mol. The van der Waals surface area contributed by atoms with E-state index in [0.717, 1.165) is 16.5 Å². The zero-order valence-corrected chi connectivity index (χ0v) is 17.3. The van der Waals surface area contributed by atoms with Crippen LogP contribution >= 0.6 is 0 Å². The van der Waals surface area contributed by atoms with Gasteiger partial charge in [0.15, 0.2) is 11.5 Å². The molecule has 0 radical (unpaired) electrons. The number of benzene rings is 4. The Morgan fingerprint density at radius 1 is 0.909 bits per heavy atom. The molecule has 0 saturated carbocycles. The summed E-state index contributed by atoms with van der Waals surface area (Å²) in [5, 5.41) is 24.8. The standard InChI is InChI=1S/C25H18N4O4/c30-22-10-9-19(27-28-21-7-3-5-16-4-1-2-6-20(16)21)12-18(22)14-26-29-25(31)17-8-11-23-24(13-17)33-15-32-23/h1-14,30H,15H2,(H,29,31)/b26-14-,28-27?. The van der Waals surface area contributed by atoms with Crippen LogP contribution in [0.3, 0.4) is 0 Å². The molecule has 33 heavy (non-hydrogen) atoms. The number of aromatic hydroxyl groups is 1. The number of nitrogens with one attached hydrogen (secondary N) is 1. The molecule has 1 heterocycles. The van der Waals surface area contributed by atoms with Crippen molar-refractivity contribution in [2.24, 2.45) is 15.3 Å². The molecule has 162 valence electrons. The molecule has 0 bridgehead atoms. The van der Waals surface area contributed by atoms with Gasteiger partial charge in [-0.2, -0.15) is 10.2 Å². The largest absolute Gasteiger partial charge is 0.507 e. The third-order valence-electron chi connectivity index (χ3n) is 5.06. The Labute approximate surface area is 188 Å². The van der Waals surface area contributed by atoms with Gasteiger partial charge in [-0.3, -0.25) is 4.79 Å². The van der Waals surface area contributed by atoms with E-state index in [9.17, 15) is 9.90 Å². The molecular formula is C25H18N4O4. The summed E-state index contributed by atoms with van der Waals surface area (Å²) in [6.45, 7) is 0.131. The van der Waals surface area contributed by atoms with Crippen LogP contribution in [-0.2, 0) is 0 Å². The Morgan fingerprint density at radius 3 is 2.70 bits per heavy atom. The molecule has 0 atom stereocenters. The Balaban J connectivity index is 1.31. The zero-order chi connectivity index (χ0) is 22.6. The topological polar surface area (TPSA) is 105 Å². The lowest BCUT2D eigenvalue weighted by atomic mass is 10.1. The van der Waals surface area contributed by atoms with Crippen molar-refractivity contribution in [3.05, 3.63) is 90.0 Å². The Kier molecular flexibility index (Phi) is 5.38. The highest BCUT2D eigenvalue weighted by molar-refractivity contribution is 5.96. The predicted octanol–water partition coefficient (Wildman–Crippen LogP) is 5.45. The number of carbonyl (C=O) groups is 1. The van der Waals surface area contributed by atoms with Crippen LogP contribution in [0.4, 0.5) is 11.4 Å². The van der Waals surface area contributed by atoms with Gasteiger partial charge in [0.1, 0.15) is 5.75 Å². The lowest BCUT2D eigenvalue weighted by molar-refractivity contribution is 0.0954. The average molecular weight is 438 g/mol. The predicted molar refractivity (Wildman–Crippen MR) is 124 cm³/mol. The molecule has 0 unspecified atom stereocenters. The normalized spacial score (nSPS) is 12.6. The summed E-state index contributed by atoms with van der Waals surface area (Å²) >= 11 is 0. The van der Waals surface area contributed by atoms with E-state index in [4.69, 9.17) is 9.47 Å². The molecule has 8 nitrogen and oxygen atoms in total. The number of hydrazone groups is 1. The number of hydrogen-bond acceptors (Lipinski definition) is 7. The van der Waals surface area contributed by atoms with Crippen molar-refractivity contribution in [1.82, 2.24) is 5.43 Å². The number of hydrogen-bond donors (Lipinski definition) is 2. The Bertz CT molecular complexity index is 1410. The molecule has 4 aromatic rings. The summed E-state index contributed by atoms with van der Waals surface area (Å²) in [6.07, 6.45) is 1.34. The molecule has 0 aromatic heterocycles. The van der Waals surface area contributed by atoms with Crippen LogP contribution in [0, 0.1) is 0 Å². The van der Waals surface area contributed by atoms with Gasteiger partial charge in [0.25, 0.3) is 5.91 Å². The summed E-state index contributed by atoms with van der Waals surface area (Å²) in [6, 6.07) is 23.4. The van der Waals surface area contributed by atoms with Crippen LogP contribution in [0.25, 0.3) is 10.8 Å². The number of amides is 1. The molecule has 8 heteroatoms. The van der Waals surface area contributed by atoms with Gasteiger partial charge >= 0.3 is 0 Å². The highest BCUT2D eigenvalue weighted by atomic mass is 16.7.